The molecule has 0 spiro atoms. The minimum Gasteiger partial charge on any atom is -0.481 e. The van der Waals surface area contributed by atoms with Crippen molar-refractivity contribution in [1.82, 2.24) is 9.55 Å². The summed E-state index contributed by atoms with van der Waals surface area (Å²) in [5, 5.41) is 18.3. The molecule has 0 aliphatic rings. The van der Waals surface area contributed by atoms with Gasteiger partial charge >= 0.3 is 17.6 Å². The summed E-state index contributed by atoms with van der Waals surface area (Å²) < 4.78 is 5.64. The van der Waals surface area contributed by atoms with Crippen LogP contribution in [0.3, 0.4) is 0 Å². The van der Waals surface area contributed by atoms with E-state index >= 15 is 0 Å². The van der Waals surface area contributed by atoms with Crippen LogP contribution in [-0.2, 0) is 16.0 Å². The first-order chi connectivity index (χ1) is 12.8. The number of benzene rings is 1. The minimum absolute atomic E-state index is 0.0275. The van der Waals surface area contributed by atoms with Crippen molar-refractivity contribution < 1.29 is 24.2 Å². The van der Waals surface area contributed by atoms with E-state index in [1.807, 2.05) is 0 Å². The Hall–Kier alpha value is -3.33. The molecule has 1 aromatic carbocycles. The Morgan fingerprint density at radius 1 is 1.26 bits per heavy atom. The van der Waals surface area contributed by atoms with Gasteiger partial charge in [-0.05, 0) is 29.8 Å². The van der Waals surface area contributed by atoms with Gasteiger partial charge in [-0.1, -0.05) is 11.6 Å². The topological polar surface area (TPSA) is 143 Å². The molecule has 3 N–H and O–H groups in total. The lowest BCUT2D eigenvalue weighted by Gasteiger charge is -2.14. The van der Waals surface area contributed by atoms with Gasteiger partial charge in [-0.25, -0.2) is 14.2 Å². The van der Waals surface area contributed by atoms with E-state index in [-0.39, 0.29) is 22.3 Å². The van der Waals surface area contributed by atoms with Gasteiger partial charge in [-0.3, -0.25) is 9.59 Å². The van der Waals surface area contributed by atoms with E-state index in [1.165, 1.54) is 12.3 Å². The van der Waals surface area contributed by atoms with E-state index in [4.69, 9.17) is 21.1 Å². The van der Waals surface area contributed by atoms with Crippen molar-refractivity contribution in [3.63, 3.8) is 0 Å². The number of carboxylic acid groups (broad SMARTS) is 2. The molecule has 0 amide bonds. The van der Waals surface area contributed by atoms with Crippen LogP contribution in [0.15, 0.2) is 44.5 Å². The van der Waals surface area contributed by atoms with Crippen molar-refractivity contribution in [1.29, 1.82) is 0 Å². The van der Waals surface area contributed by atoms with Crippen LogP contribution >= 0.6 is 11.6 Å². The fourth-order valence-corrected chi connectivity index (χ4v) is 3.09. The van der Waals surface area contributed by atoms with Crippen LogP contribution in [0.25, 0.3) is 10.9 Å². The van der Waals surface area contributed by atoms with Gasteiger partial charge in [0.25, 0.3) is 5.56 Å². The number of hydrogen-bond acceptors (Lipinski definition) is 5. The van der Waals surface area contributed by atoms with Gasteiger partial charge in [0.15, 0.2) is 0 Å². The molecule has 2 heterocycles. The molecule has 0 fully saturated rings. The summed E-state index contributed by atoms with van der Waals surface area (Å²) in [6, 6.07) is 4.38. The summed E-state index contributed by atoms with van der Waals surface area (Å²) in [5.41, 5.74) is -1.28. The predicted octanol–water partition coefficient (Wildman–Crippen LogP) is 1.63. The van der Waals surface area contributed by atoms with E-state index in [0.717, 1.165) is 0 Å². The fraction of sp³-hybridized carbons (Fsp3) is 0.176. The van der Waals surface area contributed by atoms with Gasteiger partial charge in [0.2, 0.25) is 0 Å². The SMILES string of the molecule is O=C(O)CC(C(=O)O)n1c(=O)[nH]c2c(Cc3ccco3)cc(Cl)cc2c1=O. The third-order valence-electron chi connectivity index (χ3n) is 3.99. The molecule has 0 bridgehead atoms. The second-order valence-corrected chi connectivity index (χ2v) is 6.24. The molecule has 3 aromatic rings. The highest BCUT2D eigenvalue weighted by atomic mass is 35.5. The first kappa shape index (κ1) is 18.5. The highest BCUT2D eigenvalue weighted by molar-refractivity contribution is 6.31. The van der Waals surface area contributed by atoms with Crippen LogP contribution in [0.5, 0.6) is 0 Å². The molecular formula is C17H13ClN2O7. The standard InChI is InChI=1S/C17H13ClN2O7/c18-9-4-8(5-10-2-1-3-27-10)14-11(6-9)15(23)20(17(26)19-14)12(16(24)25)7-13(21)22/h1-4,6,12H,5,7H2,(H,19,26)(H,21,22)(H,24,25). The molecule has 1 unspecified atom stereocenters. The molecule has 140 valence electrons. The number of hydrogen-bond donors (Lipinski definition) is 3. The molecule has 1 atom stereocenters. The summed E-state index contributed by atoms with van der Waals surface area (Å²) in [5.74, 6) is -2.50. The average Bonchev–Trinajstić information content (AvgIpc) is 3.07. The van der Waals surface area contributed by atoms with Crippen molar-refractivity contribution in [3.05, 3.63) is 67.7 Å². The first-order valence-electron chi connectivity index (χ1n) is 7.72. The van der Waals surface area contributed by atoms with Gasteiger partial charge < -0.3 is 19.6 Å². The Morgan fingerprint density at radius 2 is 2.00 bits per heavy atom. The molecule has 27 heavy (non-hydrogen) atoms. The number of furan rings is 1. The molecule has 0 saturated carbocycles. The normalized spacial score (nSPS) is 12.2. The van der Waals surface area contributed by atoms with Crippen molar-refractivity contribution >= 4 is 34.4 Å². The number of nitrogens with zero attached hydrogens (tertiary/aromatic N) is 1. The Labute approximate surface area is 155 Å². The smallest absolute Gasteiger partial charge is 0.329 e. The quantitative estimate of drug-likeness (QED) is 0.578. The molecule has 0 aliphatic heterocycles. The van der Waals surface area contributed by atoms with E-state index in [0.29, 0.717) is 15.9 Å². The van der Waals surface area contributed by atoms with Crippen LogP contribution in [0.1, 0.15) is 23.8 Å². The Morgan fingerprint density at radius 3 is 2.59 bits per heavy atom. The molecular weight excluding hydrogens is 380 g/mol. The van der Waals surface area contributed by atoms with Crippen LogP contribution in [0.2, 0.25) is 5.02 Å². The number of aliphatic carboxylic acids is 2. The molecule has 2 aromatic heterocycles. The van der Waals surface area contributed by atoms with Crippen LogP contribution < -0.4 is 11.2 Å². The van der Waals surface area contributed by atoms with Gasteiger partial charge in [-0.15, -0.1) is 0 Å². The van der Waals surface area contributed by atoms with E-state index < -0.39 is 35.7 Å². The average molecular weight is 393 g/mol. The lowest BCUT2D eigenvalue weighted by atomic mass is 10.1. The Bertz CT molecular complexity index is 1140. The van der Waals surface area contributed by atoms with Gasteiger partial charge in [0, 0.05) is 11.4 Å². The molecule has 9 nitrogen and oxygen atoms in total. The molecule has 10 heteroatoms. The van der Waals surface area contributed by atoms with E-state index in [1.54, 1.807) is 18.2 Å². The maximum absolute atomic E-state index is 12.8. The Kier molecular flexibility index (Phi) is 4.87. The third kappa shape index (κ3) is 3.63. The lowest BCUT2D eigenvalue weighted by Crippen LogP contribution is -2.42. The number of carbonyl (C=O) groups is 2. The predicted molar refractivity (Wildman–Crippen MR) is 94.3 cm³/mol. The number of aromatic amines is 1. The van der Waals surface area contributed by atoms with Crippen LogP contribution in [-0.4, -0.2) is 31.7 Å². The number of H-pyrrole nitrogens is 1. The van der Waals surface area contributed by atoms with E-state index in [2.05, 4.69) is 4.98 Å². The summed E-state index contributed by atoms with van der Waals surface area (Å²) >= 11 is 6.07. The zero-order chi connectivity index (χ0) is 19.7. The van der Waals surface area contributed by atoms with Crippen molar-refractivity contribution in [2.75, 3.05) is 0 Å². The maximum Gasteiger partial charge on any atom is 0.329 e. The third-order valence-corrected chi connectivity index (χ3v) is 4.21. The molecule has 0 radical (unpaired) electrons. The minimum atomic E-state index is -1.85. The highest BCUT2D eigenvalue weighted by Crippen LogP contribution is 2.23. The molecule has 3 rings (SSSR count). The zero-order valence-corrected chi connectivity index (χ0v) is 14.4. The fourth-order valence-electron chi connectivity index (χ4n) is 2.85. The second-order valence-electron chi connectivity index (χ2n) is 5.80. The summed E-state index contributed by atoms with van der Waals surface area (Å²) in [6.45, 7) is 0. The Balaban J connectivity index is 2.25. The van der Waals surface area contributed by atoms with Gasteiger partial charge in [-0.2, -0.15) is 0 Å². The lowest BCUT2D eigenvalue weighted by molar-refractivity contribution is -0.147. The van der Waals surface area contributed by atoms with Crippen LogP contribution in [0.4, 0.5) is 0 Å². The molecule has 0 aliphatic carbocycles. The number of rotatable bonds is 6. The van der Waals surface area contributed by atoms with Gasteiger partial charge in [0.1, 0.15) is 11.8 Å². The first-order valence-corrected chi connectivity index (χ1v) is 8.09. The summed E-state index contributed by atoms with van der Waals surface area (Å²) in [6.07, 6.45) is 0.783. The number of halogens is 1. The van der Waals surface area contributed by atoms with E-state index in [9.17, 15) is 24.3 Å². The zero-order valence-electron chi connectivity index (χ0n) is 13.6. The molecule has 0 saturated heterocycles. The van der Waals surface area contributed by atoms with Crippen molar-refractivity contribution in [3.8, 4) is 0 Å². The van der Waals surface area contributed by atoms with Gasteiger partial charge in [0.05, 0.1) is 23.6 Å². The number of fused-ring (bicyclic) bond motifs is 1. The maximum atomic E-state index is 12.8. The monoisotopic (exact) mass is 392 g/mol. The van der Waals surface area contributed by atoms with Crippen LogP contribution in [0, 0.1) is 0 Å². The number of carboxylic acids is 2. The largest absolute Gasteiger partial charge is 0.481 e. The van der Waals surface area contributed by atoms with Crippen molar-refractivity contribution in [2.45, 2.75) is 18.9 Å². The number of nitrogens with one attached hydrogen (secondary N) is 1. The number of aromatic nitrogens is 2. The highest BCUT2D eigenvalue weighted by Gasteiger charge is 2.27. The summed E-state index contributed by atoms with van der Waals surface area (Å²) in [7, 11) is 0. The summed E-state index contributed by atoms with van der Waals surface area (Å²) in [4.78, 5) is 50.0. The second kappa shape index (κ2) is 7.12. The van der Waals surface area contributed by atoms with Crippen molar-refractivity contribution in [2.24, 2.45) is 0 Å².